The number of aryl methyl sites for hydroxylation is 1. The maximum Gasteiger partial charge on any atom is 0.251 e. The number of para-hydroxylation sites is 1. The molecule has 0 unspecified atom stereocenters. The van der Waals surface area contributed by atoms with Crippen molar-refractivity contribution in [2.45, 2.75) is 51.7 Å². The Bertz CT molecular complexity index is 751. The smallest absolute Gasteiger partial charge is 0.251 e. The van der Waals surface area contributed by atoms with Gasteiger partial charge >= 0.3 is 0 Å². The van der Waals surface area contributed by atoms with Crippen LogP contribution in [0.4, 0.5) is 0 Å². The van der Waals surface area contributed by atoms with Crippen molar-refractivity contribution in [2.75, 3.05) is 7.11 Å². The Labute approximate surface area is 155 Å². The summed E-state index contributed by atoms with van der Waals surface area (Å²) in [6, 6.07) is 13.7. The third-order valence-corrected chi connectivity index (χ3v) is 4.96. The molecular formula is C22H27NO3. The van der Waals surface area contributed by atoms with E-state index in [4.69, 9.17) is 9.47 Å². The first-order valence-corrected chi connectivity index (χ1v) is 9.33. The van der Waals surface area contributed by atoms with Crippen molar-refractivity contribution in [1.82, 2.24) is 5.32 Å². The van der Waals surface area contributed by atoms with Crippen LogP contribution in [0.25, 0.3) is 0 Å². The fourth-order valence-corrected chi connectivity index (χ4v) is 3.42. The summed E-state index contributed by atoms with van der Waals surface area (Å²) in [5.74, 6) is 1.55. The summed E-state index contributed by atoms with van der Waals surface area (Å²) >= 11 is 0. The number of benzene rings is 2. The van der Waals surface area contributed by atoms with Gasteiger partial charge in [0.25, 0.3) is 5.91 Å². The zero-order valence-corrected chi connectivity index (χ0v) is 15.6. The van der Waals surface area contributed by atoms with Crippen LogP contribution in [-0.4, -0.2) is 19.1 Å². The SMILES string of the molecule is COc1ccc(C(=O)NC2CCCCC2)cc1COc1ccccc1C. The standard InChI is InChI=1S/C22H27NO3/c1-16-8-6-7-11-20(16)26-15-18-14-17(12-13-21(18)25-2)22(24)23-19-9-4-3-5-10-19/h6-8,11-14,19H,3-5,9-10,15H2,1-2H3,(H,23,24). The molecule has 0 aliphatic heterocycles. The van der Waals surface area contributed by atoms with Gasteiger partial charge < -0.3 is 14.8 Å². The molecule has 1 fully saturated rings. The van der Waals surface area contributed by atoms with Gasteiger partial charge in [0.2, 0.25) is 0 Å². The number of nitrogens with one attached hydrogen (secondary N) is 1. The molecule has 0 radical (unpaired) electrons. The fourth-order valence-electron chi connectivity index (χ4n) is 3.42. The van der Waals surface area contributed by atoms with Gasteiger partial charge in [-0.1, -0.05) is 37.5 Å². The van der Waals surface area contributed by atoms with Crippen molar-refractivity contribution in [3.8, 4) is 11.5 Å². The number of hydrogen-bond donors (Lipinski definition) is 1. The molecule has 2 aromatic carbocycles. The van der Waals surface area contributed by atoms with Gasteiger partial charge in [-0.3, -0.25) is 4.79 Å². The first-order valence-electron chi connectivity index (χ1n) is 9.33. The average Bonchev–Trinajstić information content (AvgIpc) is 2.68. The Morgan fingerprint density at radius 3 is 2.58 bits per heavy atom. The van der Waals surface area contributed by atoms with Crippen LogP contribution in [0, 0.1) is 6.92 Å². The van der Waals surface area contributed by atoms with Crippen molar-refractivity contribution in [1.29, 1.82) is 0 Å². The largest absolute Gasteiger partial charge is 0.496 e. The molecule has 0 heterocycles. The highest BCUT2D eigenvalue weighted by atomic mass is 16.5. The fraction of sp³-hybridized carbons (Fsp3) is 0.409. The van der Waals surface area contributed by atoms with Gasteiger partial charge in [0.05, 0.1) is 7.11 Å². The van der Waals surface area contributed by atoms with Crippen LogP contribution in [0.5, 0.6) is 11.5 Å². The Morgan fingerprint density at radius 2 is 1.85 bits per heavy atom. The molecular weight excluding hydrogens is 326 g/mol. The number of hydrogen-bond acceptors (Lipinski definition) is 3. The Morgan fingerprint density at radius 1 is 1.08 bits per heavy atom. The van der Waals surface area contributed by atoms with Crippen LogP contribution in [-0.2, 0) is 6.61 Å². The Kier molecular flexibility index (Phi) is 6.16. The lowest BCUT2D eigenvalue weighted by Gasteiger charge is -2.23. The van der Waals surface area contributed by atoms with E-state index in [2.05, 4.69) is 5.32 Å². The number of amides is 1. The third kappa shape index (κ3) is 4.57. The highest BCUT2D eigenvalue weighted by Crippen LogP contribution is 2.24. The van der Waals surface area contributed by atoms with Gasteiger partial charge in [-0.2, -0.15) is 0 Å². The van der Waals surface area contributed by atoms with E-state index in [-0.39, 0.29) is 5.91 Å². The molecule has 4 heteroatoms. The van der Waals surface area contributed by atoms with Gasteiger partial charge in [-0.25, -0.2) is 0 Å². The van der Waals surface area contributed by atoms with E-state index in [1.165, 1.54) is 19.3 Å². The number of rotatable bonds is 6. The van der Waals surface area contributed by atoms with Gasteiger partial charge in [0, 0.05) is 17.2 Å². The molecule has 0 bridgehead atoms. The predicted molar refractivity (Wildman–Crippen MR) is 103 cm³/mol. The number of carbonyl (C=O) groups excluding carboxylic acids is 1. The quantitative estimate of drug-likeness (QED) is 0.822. The maximum atomic E-state index is 12.6. The molecule has 1 aliphatic carbocycles. The van der Waals surface area contributed by atoms with Crippen LogP contribution in [0.1, 0.15) is 53.6 Å². The highest BCUT2D eigenvalue weighted by Gasteiger charge is 2.18. The third-order valence-electron chi connectivity index (χ3n) is 4.96. The summed E-state index contributed by atoms with van der Waals surface area (Å²) in [7, 11) is 1.63. The molecule has 1 N–H and O–H groups in total. The summed E-state index contributed by atoms with van der Waals surface area (Å²) in [4.78, 5) is 12.6. The lowest BCUT2D eigenvalue weighted by Crippen LogP contribution is -2.36. The summed E-state index contributed by atoms with van der Waals surface area (Å²) in [6.07, 6.45) is 5.82. The van der Waals surface area contributed by atoms with Crippen LogP contribution >= 0.6 is 0 Å². The summed E-state index contributed by atoms with van der Waals surface area (Å²) in [5, 5.41) is 3.16. The molecule has 0 saturated heterocycles. The first-order chi connectivity index (χ1) is 12.7. The molecule has 26 heavy (non-hydrogen) atoms. The molecule has 0 spiro atoms. The van der Waals surface area contributed by atoms with Crippen molar-refractivity contribution >= 4 is 5.91 Å². The van der Waals surface area contributed by atoms with Crippen LogP contribution in [0.3, 0.4) is 0 Å². The normalized spacial score (nSPS) is 14.7. The number of ether oxygens (including phenoxy) is 2. The minimum absolute atomic E-state index is 0.0169. The predicted octanol–water partition coefficient (Wildman–Crippen LogP) is 4.65. The lowest BCUT2D eigenvalue weighted by atomic mass is 9.95. The second-order valence-corrected chi connectivity index (χ2v) is 6.89. The molecule has 0 aromatic heterocycles. The van der Waals surface area contributed by atoms with E-state index in [0.29, 0.717) is 18.2 Å². The van der Waals surface area contributed by atoms with E-state index in [1.807, 2.05) is 49.4 Å². The number of carbonyl (C=O) groups is 1. The van der Waals surface area contributed by atoms with Gasteiger partial charge in [-0.15, -0.1) is 0 Å². The molecule has 3 rings (SSSR count). The Balaban J connectivity index is 1.71. The minimum atomic E-state index is -0.0169. The highest BCUT2D eigenvalue weighted by molar-refractivity contribution is 5.94. The van der Waals surface area contributed by atoms with E-state index >= 15 is 0 Å². The summed E-state index contributed by atoms with van der Waals surface area (Å²) < 4.78 is 11.4. The zero-order valence-electron chi connectivity index (χ0n) is 15.6. The molecule has 0 atom stereocenters. The van der Waals surface area contributed by atoms with Crippen LogP contribution < -0.4 is 14.8 Å². The van der Waals surface area contributed by atoms with Gasteiger partial charge in [-0.05, 0) is 49.6 Å². The van der Waals surface area contributed by atoms with E-state index in [1.54, 1.807) is 7.11 Å². The van der Waals surface area contributed by atoms with Crippen molar-refractivity contribution in [3.63, 3.8) is 0 Å². The van der Waals surface area contributed by atoms with Gasteiger partial charge in [0.1, 0.15) is 18.1 Å². The van der Waals surface area contributed by atoms with E-state index in [9.17, 15) is 4.79 Å². The van der Waals surface area contributed by atoms with Crippen molar-refractivity contribution < 1.29 is 14.3 Å². The molecule has 1 saturated carbocycles. The molecule has 1 amide bonds. The zero-order chi connectivity index (χ0) is 18.4. The Hall–Kier alpha value is -2.49. The molecule has 2 aromatic rings. The van der Waals surface area contributed by atoms with Crippen LogP contribution in [0.15, 0.2) is 42.5 Å². The topological polar surface area (TPSA) is 47.6 Å². The molecule has 138 valence electrons. The van der Waals surface area contributed by atoms with Crippen molar-refractivity contribution in [2.24, 2.45) is 0 Å². The monoisotopic (exact) mass is 353 g/mol. The molecule has 1 aliphatic rings. The minimum Gasteiger partial charge on any atom is -0.496 e. The molecule has 4 nitrogen and oxygen atoms in total. The lowest BCUT2D eigenvalue weighted by molar-refractivity contribution is 0.0927. The van der Waals surface area contributed by atoms with Crippen molar-refractivity contribution in [3.05, 3.63) is 59.2 Å². The number of methoxy groups -OCH3 is 1. The maximum absolute atomic E-state index is 12.6. The van der Waals surface area contributed by atoms with E-state index < -0.39 is 0 Å². The van der Waals surface area contributed by atoms with Crippen LogP contribution in [0.2, 0.25) is 0 Å². The summed E-state index contributed by atoms with van der Waals surface area (Å²) in [5.41, 5.74) is 2.60. The average molecular weight is 353 g/mol. The first kappa shape index (κ1) is 18.3. The summed E-state index contributed by atoms with van der Waals surface area (Å²) in [6.45, 7) is 2.37. The second kappa shape index (κ2) is 8.75. The van der Waals surface area contributed by atoms with E-state index in [0.717, 1.165) is 35.5 Å². The van der Waals surface area contributed by atoms with Gasteiger partial charge in [0.15, 0.2) is 0 Å². The second-order valence-electron chi connectivity index (χ2n) is 6.89.